The molecule has 0 aliphatic rings. The van der Waals surface area contributed by atoms with E-state index in [1.807, 2.05) is 18.2 Å². The number of hydrogen-bond donors (Lipinski definition) is 0. The van der Waals surface area contributed by atoms with Crippen LogP contribution in [-0.4, -0.2) is 35.8 Å². The van der Waals surface area contributed by atoms with Crippen LogP contribution >= 0.6 is 0 Å². The van der Waals surface area contributed by atoms with Crippen molar-refractivity contribution in [3.63, 3.8) is 0 Å². The van der Waals surface area contributed by atoms with Crippen LogP contribution in [0, 0.1) is 6.92 Å². The third-order valence-corrected chi connectivity index (χ3v) is 6.21. The maximum absolute atomic E-state index is 12.2. The summed E-state index contributed by atoms with van der Waals surface area (Å²) in [5.41, 5.74) is 2.78. The average molecular weight is 413 g/mol. The van der Waals surface area contributed by atoms with Gasteiger partial charge in [0.05, 0.1) is 29.8 Å². The van der Waals surface area contributed by atoms with Crippen LogP contribution in [0.5, 0.6) is 5.75 Å². The van der Waals surface area contributed by atoms with Crippen LogP contribution in [0.1, 0.15) is 18.2 Å². The Hall–Kier alpha value is -3.00. The number of aromatic nitrogens is 3. The van der Waals surface area contributed by atoms with Crippen molar-refractivity contribution in [2.45, 2.75) is 19.6 Å². The number of pyridine rings is 1. The van der Waals surface area contributed by atoms with E-state index in [0.29, 0.717) is 39.7 Å². The van der Waals surface area contributed by atoms with Crippen molar-refractivity contribution in [2.75, 3.05) is 12.9 Å². The van der Waals surface area contributed by atoms with E-state index in [1.165, 1.54) is 4.57 Å². The molecule has 1 aromatic carbocycles. The average Bonchev–Trinajstić information content (AvgIpc) is 2.71. The van der Waals surface area contributed by atoms with Crippen LogP contribution in [0.15, 0.2) is 47.4 Å². The maximum atomic E-state index is 12.2. The molecule has 0 unspecified atom stereocenters. The van der Waals surface area contributed by atoms with Crippen LogP contribution in [0.4, 0.5) is 0 Å². The van der Waals surface area contributed by atoms with Crippen molar-refractivity contribution >= 4 is 9.84 Å². The minimum atomic E-state index is -3.29. The zero-order valence-electron chi connectivity index (χ0n) is 16.8. The van der Waals surface area contributed by atoms with Crippen LogP contribution < -0.4 is 10.3 Å². The summed E-state index contributed by atoms with van der Waals surface area (Å²) in [6.07, 6.45) is 1.68. The molecule has 8 heteroatoms. The Bertz CT molecular complexity index is 1190. The number of methoxy groups -OCH3 is 1. The number of benzene rings is 1. The fourth-order valence-corrected chi connectivity index (χ4v) is 3.82. The molecule has 2 heterocycles. The van der Waals surface area contributed by atoms with Crippen molar-refractivity contribution < 1.29 is 13.2 Å². The predicted molar refractivity (Wildman–Crippen MR) is 113 cm³/mol. The van der Waals surface area contributed by atoms with Crippen molar-refractivity contribution in [3.8, 4) is 28.4 Å². The molecule has 0 aliphatic carbocycles. The lowest BCUT2D eigenvalue weighted by Gasteiger charge is -2.12. The molecular weight excluding hydrogens is 390 g/mol. The minimum Gasteiger partial charge on any atom is -0.496 e. The first-order chi connectivity index (χ1) is 13.7. The number of sulfone groups is 1. The molecule has 0 aliphatic heterocycles. The molecule has 0 spiro atoms. The highest BCUT2D eigenvalue weighted by Crippen LogP contribution is 2.29. The van der Waals surface area contributed by atoms with Gasteiger partial charge in [0.25, 0.3) is 5.56 Å². The highest BCUT2D eigenvalue weighted by atomic mass is 32.2. The smallest absolute Gasteiger partial charge is 0.253 e. The summed E-state index contributed by atoms with van der Waals surface area (Å²) in [5, 5.41) is 0. The van der Waals surface area contributed by atoms with Gasteiger partial charge in [0.2, 0.25) is 0 Å². The van der Waals surface area contributed by atoms with Gasteiger partial charge in [-0.1, -0.05) is 19.1 Å². The van der Waals surface area contributed by atoms with Crippen LogP contribution in [0.25, 0.3) is 22.6 Å². The zero-order chi connectivity index (χ0) is 21.2. The van der Waals surface area contributed by atoms with Crippen LogP contribution in [0.3, 0.4) is 0 Å². The molecule has 0 fully saturated rings. The lowest BCUT2D eigenvalue weighted by molar-refractivity contribution is 0.416. The molecule has 0 amide bonds. The fraction of sp³-hybridized carbons (Fsp3) is 0.286. The summed E-state index contributed by atoms with van der Waals surface area (Å²) in [6, 6.07) is 10.7. The maximum Gasteiger partial charge on any atom is 0.253 e. The van der Waals surface area contributed by atoms with E-state index >= 15 is 0 Å². The molecule has 29 heavy (non-hydrogen) atoms. The molecule has 3 aromatic rings. The third kappa shape index (κ3) is 4.54. The minimum absolute atomic E-state index is 0.0231. The molecule has 0 radical (unpaired) electrons. The SMILES string of the molecule is CCS(=O)(=O)Cc1cc(-c2cc(C)c(=O)n(C)c2)nc(-c2ccccc2OC)n1. The van der Waals surface area contributed by atoms with E-state index in [1.54, 1.807) is 52.4 Å². The highest BCUT2D eigenvalue weighted by Gasteiger charge is 2.17. The number of rotatable bonds is 6. The first-order valence-corrected chi connectivity index (χ1v) is 11.0. The number of aryl methyl sites for hydroxylation is 2. The molecule has 2 aromatic heterocycles. The van der Waals surface area contributed by atoms with Gasteiger partial charge in [0.1, 0.15) is 5.75 Å². The topological polar surface area (TPSA) is 91.2 Å². The van der Waals surface area contributed by atoms with Gasteiger partial charge in [-0.05, 0) is 31.2 Å². The Morgan fingerprint density at radius 1 is 1.14 bits per heavy atom. The summed E-state index contributed by atoms with van der Waals surface area (Å²) < 4.78 is 31.3. The molecule has 0 bridgehead atoms. The molecule has 152 valence electrons. The van der Waals surface area contributed by atoms with Crippen LogP contribution in [-0.2, 0) is 22.6 Å². The van der Waals surface area contributed by atoms with E-state index in [0.717, 1.165) is 0 Å². The largest absolute Gasteiger partial charge is 0.496 e. The monoisotopic (exact) mass is 413 g/mol. The second-order valence-electron chi connectivity index (χ2n) is 6.77. The first kappa shape index (κ1) is 20.7. The molecule has 0 saturated carbocycles. The number of para-hydroxylation sites is 1. The zero-order valence-corrected chi connectivity index (χ0v) is 17.7. The van der Waals surface area contributed by atoms with E-state index in [2.05, 4.69) is 9.97 Å². The fourth-order valence-electron chi connectivity index (χ4n) is 3.01. The second-order valence-corrected chi connectivity index (χ2v) is 9.13. The first-order valence-electron chi connectivity index (χ1n) is 9.13. The lowest BCUT2D eigenvalue weighted by Crippen LogP contribution is -2.18. The summed E-state index contributed by atoms with van der Waals surface area (Å²) in [4.78, 5) is 21.2. The van der Waals surface area contributed by atoms with E-state index in [4.69, 9.17) is 4.74 Å². The Morgan fingerprint density at radius 3 is 2.52 bits per heavy atom. The normalized spacial score (nSPS) is 11.4. The van der Waals surface area contributed by atoms with E-state index in [9.17, 15) is 13.2 Å². The summed E-state index contributed by atoms with van der Waals surface area (Å²) in [7, 11) is -0.0586. The second kappa shape index (κ2) is 8.16. The van der Waals surface area contributed by atoms with Crippen molar-refractivity contribution in [3.05, 3.63) is 64.2 Å². The van der Waals surface area contributed by atoms with Gasteiger partial charge in [0.15, 0.2) is 15.7 Å². The molecule has 0 N–H and O–H groups in total. The Labute approximate surface area is 170 Å². The Morgan fingerprint density at radius 2 is 1.86 bits per heavy atom. The van der Waals surface area contributed by atoms with Gasteiger partial charge in [-0.2, -0.15) is 0 Å². The molecule has 0 atom stereocenters. The Balaban J connectivity index is 2.25. The van der Waals surface area contributed by atoms with Gasteiger partial charge in [-0.25, -0.2) is 18.4 Å². The molecule has 0 saturated heterocycles. The van der Waals surface area contributed by atoms with Crippen LogP contribution in [0.2, 0.25) is 0 Å². The number of nitrogens with zero attached hydrogens (tertiary/aromatic N) is 3. The van der Waals surface area contributed by atoms with Gasteiger partial charge in [-0.3, -0.25) is 4.79 Å². The summed E-state index contributed by atoms with van der Waals surface area (Å²) >= 11 is 0. The Kier molecular flexibility index (Phi) is 5.83. The lowest BCUT2D eigenvalue weighted by atomic mass is 10.1. The summed E-state index contributed by atoms with van der Waals surface area (Å²) in [5.74, 6) is 0.791. The van der Waals surface area contributed by atoms with E-state index < -0.39 is 9.84 Å². The molecule has 7 nitrogen and oxygen atoms in total. The molecule has 3 rings (SSSR count). The molecular formula is C21H23N3O4S. The van der Waals surface area contributed by atoms with Crippen molar-refractivity contribution in [2.24, 2.45) is 7.05 Å². The van der Waals surface area contributed by atoms with Gasteiger partial charge < -0.3 is 9.30 Å². The summed E-state index contributed by atoms with van der Waals surface area (Å²) in [6.45, 7) is 3.34. The standard InChI is InChI=1S/C21H23N3O4S/c1-5-29(26,27)13-16-11-18(15-10-14(2)21(25)24(3)12-15)23-20(22-16)17-8-6-7-9-19(17)28-4/h6-12H,5,13H2,1-4H3. The quantitative estimate of drug-likeness (QED) is 0.617. The highest BCUT2D eigenvalue weighted by molar-refractivity contribution is 7.90. The third-order valence-electron chi connectivity index (χ3n) is 4.59. The van der Waals surface area contributed by atoms with Crippen molar-refractivity contribution in [1.82, 2.24) is 14.5 Å². The van der Waals surface area contributed by atoms with Gasteiger partial charge in [0, 0.05) is 30.1 Å². The van der Waals surface area contributed by atoms with Gasteiger partial charge in [-0.15, -0.1) is 0 Å². The predicted octanol–water partition coefficient (Wildman–Crippen LogP) is 2.76. The van der Waals surface area contributed by atoms with Crippen molar-refractivity contribution in [1.29, 1.82) is 0 Å². The van der Waals surface area contributed by atoms with Gasteiger partial charge >= 0.3 is 0 Å². The van der Waals surface area contributed by atoms with E-state index in [-0.39, 0.29) is 17.1 Å². The number of hydrogen-bond acceptors (Lipinski definition) is 6. The number of ether oxygens (including phenoxy) is 1.